The van der Waals surface area contributed by atoms with E-state index in [4.69, 9.17) is 0 Å². The monoisotopic (exact) mass is 369 g/mol. The van der Waals surface area contributed by atoms with Crippen LogP contribution >= 0.6 is 23.1 Å². The highest BCUT2D eigenvalue weighted by molar-refractivity contribution is 7.99. The van der Waals surface area contributed by atoms with Crippen LogP contribution < -0.4 is 10.2 Å². The lowest BCUT2D eigenvalue weighted by molar-refractivity contribution is -0.910. The van der Waals surface area contributed by atoms with Crippen molar-refractivity contribution in [2.45, 2.75) is 29.5 Å². The molecule has 1 aromatic carbocycles. The number of thiophene rings is 1. The van der Waals surface area contributed by atoms with E-state index in [0.717, 1.165) is 19.4 Å². The maximum Gasteiger partial charge on any atom is 0.288 e. The van der Waals surface area contributed by atoms with Crippen molar-refractivity contribution >= 4 is 34.7 Å². The Morgan fingerprint density at radius 1 is 1.33 bits per heavy atom. The van der Waals surface area contributed by atoms with E-state index < -0.39 is 5.76 Å². The van der Waals surface area contributed by atoms with Crippen molar-refractivity contribution in [3.63, 3.8) is 0 Å². The number of anilines is 1. The number of carbonyl (C=O) groups excluding carboxylic acids is 1. The molecule has 2 atom stereocenters. The summed E-state index contributed by atoms with van der Waals surface area (Å²) in [7, 11) is 0. The fourth-order valence-electron chi connectivity index (χ4n) is 3.09. The number of amides is 1. The minimum atomic E-state index is -2.43. The highest BCUT2D eigenvalue weighted by Crippen LogP contribution is 2.26. The zero-order chi connectivity index (χ0) is 16.9. The third-order valence-electron chi connectivity index (χ3n) is 4.12. The van der Waals surface area contributed by atoms with Crippen molar-refractivity contribution in [3.8, 4) is 0 Å². The second-order valence-corrected chi connectivity index (χ2v) is 7.79. The van der Waals surface area contributed by atoms with Crippen LogP contribution in [0.1, 0.15) is 23.8 Å². The second-order valence-electron chi connectivity index (χ2n) is 5.75. The zero-order valence-electron chi connectivity index (χ0n) is 13.0. The Morgan fingerprint density at radius 3 is 2.79 bits per heavy atom. The van der Waals surface area contributed by atoms with Crippen LogP contribution in [0.2, 0.25) is 0 Å². The number of nitrogens with one attached hydrogen (secondary N) is 2. The molecule has 7 heteroatoms. The molecule has 0 spiro atoms. The third kappa shape index (κ3) is 4.55. The molecular weight excluding hydrogens is 350 g/mol. The number of likely N-dealkylation sites (tertiary alicyclic amines) is 1. The Balaban J connectivity index is 1.55. The number of benzene rings is 1. The van der Waals surface area contributed by atoms with Crippen LogP contribution in [0.5, 0.6) is 0 Å². The van der Waals surface area contributed by atoms with E-state index in [-0.39, 0.29) is 5.91 Å². The molecule has 2 N–H and O–H groups in total. The first kappa shape index (κ1) is 17.4. The van der Waals surface area contributed by atoms with Gasteiger partial charge in [0.2, 0.25) is 0 Å². The summed E-state index contributed by atoms with van der Waals surface area (Å²) in [6, 6.07) is 11.1. The van der Waals surface area contributed by atoms with Crippen molar-refractivity contribution in [3.05, 3.63) is 46.7 Å². The van der Waals surface area contributed by atoms with E-state index >= 15 is 0 Å². The van der Waals surface area contributed by atoms with Crippen LogP contribution in [0.15, 0.2) is 46.7 Å². The van der Waals surface area contributed by atoms with E-state index in [1.807, 2.05) is 0 Å². The Kier molecular flexibility index (Phi) is 5.86. The van der Waals surface area contributed by atoms with E-state index in [9.17, 15) is 13.6 Å². The fraction of sp³-hybridized carbons (Fsp3) is 0.353. The van der Waals surface area contributed by atoms with E-state index in [0.29, 0.717) is 34.9 Å². The Bertz CT molecular complexity index is 662. The number of hydrogen-bond donors (Lipinski definition) is 2. The normalized spacial score (nSPS) is 20.5. The lowest BCUT2D eigenvalue weighted by Gasteiger charge is -2.20. The third-order valence-corrected chi connectivity index (χ3v) is 5.83. The molecule has 0 aliphatic carbocycles. The van der Waals surface area contributed by atoms with Gasteiger partial charge in [0.15, 0.2) is 6.54 Å². The van der Waals surface area contributed by atoms with Crippen molar-refractivity contribution < 1.29 is 18.5 Å². The minimum Gasteiger partial charge on any atom is -0.321 e. The average molecular weight is 369 g/mol. The van der Waals surface area contributed by atoms with Gasteiger partial charge in [-0.2, -0.15) is 8.78 Å². The summed E-state index contributed by atoms with van der Waals surface area (Å²) in [6.07, 6.45) is 2.24. The summed E-state index contributed by atoms with van der Waals surface area (Å²) in [6.45, 7) is 1.43. The molecule has 2 heterocycles. The molecule has 0 saturated carbocycles. The summed E-state index contributed by atoms with van der Waals surface area (Å²) in [5.41, 5.74) is 0.643. The van der Waals surface area contributed by atoms with Gasteiger partial charge in [0.25, 0.3) is 11.7 Å². The molecular formula is C17H19F2N2OS2+. The molecule has 1 aliphatic heterocycles. The number of rotatable bonds is 6. The molecule has 1 saturated heterocycles. The second kappa shape index (κ2) is 8.09. The lowest BCUT2D eigenvalue weighted by Crippen LogP contribution is -3.11. The molecule has 0 bridgehead atoms. The summed E-state index contributed by atoms with van der Waals surface area (Å²) in [5, 5.41) is 4.94. The smallest absolute Gasteiger partial charge is 0.288 e. The number of quaternary nitrogens is 1. The van der Waals surface area contributed by atoms with Gasteiger partial charge in [-0.05, 0) is 35.7 Å². The standard InChI is InChI=1S/C17H18F2N2OS2/c18-17(19)24-13-7-5-12(6-8-13)20-16(22)11-21-9-1-3-14(21)15-4-2-10-23-15/h2,4-8,10,14,17H,1,3,9,11H2,(H,20,22)/p+1/t14-/m1/s1. The van der Waals surface area contributed by atoms with Gasteiger partial charge in [-0.25, -0.2) is 0 Å². The quantitative estimate of drug-likeness (QED) is 0.765. The molecule has 128 valence electrons. The Labute approximate surface area is 148 Å². The van der Waals surface area contributed by atoms with Gasteiger partial charge < -0.3 is 10.2 Å². The van der Waals surface area contributed by atoms with Crippen LogP contribution in [0.4, 0.5) is 14.5 Å². The summed E-state index contributed by atoms with van der Waals surface area (Å²) < 4.78 is 24.6. The first-order valence-electron chi connectivity index (χ1n) is 7.84. The van der Waals surface area contributed by atoms with Gasteiger partial charge in [-0.3, -0.25) is 4.79 Å². The van der Waals surface area contributed by atoms with Crippen molar-refractivity contribution in [2.75, 3.05) is 18.4 Å². The number of halogens is 2. The van der Waals surface area contributed by atoms with Crippen LogP contribution in [-0.2, 0) is 4.79 Å². The van der Waals surface area contributed by atoms with Crippen molar-refractivity contribution in [1.82, 2.24) is 0 Å². The van der Waals surface area contributed by atoms with Gasteiger partial charge in [0.1, 0.15) is 6.04 Å². The van der Waals surface area contributed by atoms with Gasteiger partial charge in [-0.1, -0.05) is 17.8 Å². The molecule has 1 fully saturated rings. The molecule has 0 radical (unpaired) electrons. The molecule has 2 aromatic rings. The highest BCUT2D eigenvalue weighted by atomic mass is 32.2. The topological polar surface area (TPSA) is 33.5 Å². The predicted octanol–water partition coefficient (Wildman–Crippen LogP) is 3.42. The van der Waals surface area contributed by atoms with E-state index in [1.54, 1.807) is 35.6 Å². The largest absolute Gasteiger partial charge is 0.321 e. The number of carbonyl (C=O) groups is 1. The highest BCUT2D eigenvalue weighted by Gasteiger charge is 2.32. The fourth-order valence-corrected chi connectivity index (χ4v) is 4.51. The van der Waals surface area contributed by atoms with Gasteiger partial charge in [0, 0.05) is 23.4 Å². The molecule has 1 aromatic heterocycles. The first-order chi connectivity index (χ1) is 11.6. The number of hydrogen-bond acceptors (Lipinski definition) is 3. The van der Waals surface area contributed by atoms with Crippen LogP contribution in [0.3, 0.4) is 0 Å². The number of alkyl halides is 2. The lowest BCUT2D eigenvalue weighted by atomic mass is 10.2. The van der Waals surface area contributed by atoms with Crippen LogP contribution in [0, 0.1) is 0 Å². The van der Waals surface area contributed by atoms with Gasteiger partial charge in [0.05, 0.1) is 11.4 Å². The van der Waals surface area contributed by atoms with Gasteiger partial charge in [-0.15, -0.1) is 11.3 Å². The molecule has 1 aliphatic rings. The maximum atomic E-state index is 12.3. The molecule has 1 unspecified atom stereocenters. The Hall–Kier alpha value is -1.44. The maximum absolute atomic E-state index is 12.3. The number of thioether (sulfide) groups is 1. The summed E-state index contributed by atoms with van der Waals surface area (Å²) in [4.78, 5) is 15.4. The van der Waals surface area contributed by atoms with Crippen LogP contribution in [-0.4, -0.2) is 24.8 Å². The zero-order valence-corrected chi connectivity index (χ0v) is 14.6. The minimum absolute atomic E-state index is 0.0391. The molecule has 3 nitrogen and oxygen atoms in total. The first-order valence-corrected chi connectivity index (χ1v) is 9.60. The Morgan fingerprint density at radius 2 is 2.12 bits per heavy atom. The molecule has 24 heavy (non-hydrogen) atoms. The van der Waals surface area contributed by atoms with Crippen molar-refractivity contribution in [1.29, 1.82) is 0 Å². The predicted molar refractivity (Wildman–Crippen MR) is 93.9 cm³/mol. The van der Waals surface area contributed by atoms with E-state index in [2.05, 4.69) is 22.8 Å². The van der Waals surface area contributed by atoms with Crippen molar-refractivity contribution in [2.24, 2.45) is 0 Å². The summed E-state index contributed by atoms with van der Waals surface area (Å²) in [5.74, 6) is -2.47. The van der Waals surface area contributed by atoms with Gasteiger partial charge >= 0.3 is 0 Å². The molecule has 1 amide bonds. The average Bonchev–Trinajstić information content (AvgIpc) is 3.19. The SMILES string of the molecule is O=C(C[NH+]1CCC[C@@H]1c1cccs1)Nc1ccc(SC(F)F)cc1. The van der Waals surface area contributed by atoms with E-state index in [1.165, 1.54) is 9.78 Å². The van der Waals surface area contributed by atoms with Crippen LogP contribution in [0.25, 0.3) is 0 Å². The summed E-state index contributed by atoms with van der Waals surface area (Å²) >= 11 is 2.25. The molecule has 3 rings (SSSR count).